The van der Waals surface area contributed by atoms with E-state index >= 15 is 0 Å². The highest BCUT2D eigenvalue weighted by Gasteiger charge is 2.17. The number of carbonyl (C=O) groups is 2. The third kappa shape index (κ3) is 5.60. The summed E-state index contributed by atoms with van der Waals surface area (Å²) in [5.41, 5.74) is 0.681. The van der Waals surface area contributed by atoms with Crippen molar-refractivity contribution in [3.63, 3.8) is 0 Å². The van der Waals surface area contributed by atoms with Gasteiger partial charge in [-0.1, -0.05) is 18.2 Å². The van der Waals surface area contributed by atoms with Gasteiger partial charge in [-0.2, -0.15) is 0 Å². The normalized spacial score (nSPS) is 10.2. The molecule has 1 rings (SSSR count). The van der Waals surface area contributed by atoms with Crippen LogP contribution in [0.25, 0.3) is 0 Å². The van der Waals surface area contributed by atoms with E-state index in [2.05, 4.69) is 11.9 Å². The number of anilines is 1. The smallest absolute Gasteiger partial charge is 0.223 e. The molecule has 2 amide bonds. The van der Waals surface area contributed by atoms with E-state index in [4.69, 9.17) is 4.74 Å². The number of rotatable bonds is 8. The van der Waals surface area contributed by atoms with E-state index in [0.717, 1.165) is 0 Å². The van der Waals surface area contributed by atoms with Gasteiger partial charge in [0.2, 0.25) is 11.8 Å². The Labute approximate surface area is 132 Å². The quantitative estimate of drug-likeness (QED) is 0.751. The molecular weight excluding hydrogens is 280 g/mol. The van der Waals surface area contributed by atoms with Crippen molar-refractivity contribution in [2.75, 3.05) is 18.0 Å². The van der Waals surface area contributed by atoms with Gasteiger partial charge in [-0.15, -0.1) is 6.58 Å². The van der Waals surface area contributed by atoms with Gasteiger partial charge in [0.05, 0.1) is 11.8 Å². The first-order chi connectivity index (χ1) is 10.5. The number of hydrogen-bond acceptors (Lipinski definition) is 3. The predicted molar refractivity (Wildman–Crippen MR) is 88.1 cm³/mol. The minimum absolute atomic E-state index is 0.00541. The molecule has 0 radical (unpaired) electrons. The van der Waals surface area contributed by atoms with Crippen LogP contribution in [0.5, 0.6) is 5.75 Å². The second-order valence-electron chi connectivity index (χ2n) is 5.15. The molecule has 0 saturated carbocycles. The SMILES string of the molecule is C=CCNC(=O)CCN(C(C)=O)c1ccccc1OC(C)C. The van der Waals surface area contributed by atoms with Crippen molar-refractivity contribution in [1.82, 2.24) is 5.32 Å². The van der Waals surface area contributed by atoms with Crippen molar-refractivity contribution in [2.24, 2.45) is 0 Å². The molecule has 5 heteroatoms. The summed E-state index contributed by atoms with van der Waals surface area (Å²) in [6.45, 7) is 9.61. The van der Waals surface area contributed by atoms with Crippen LogP contribution in [0.3, 0.4) is 0 Å². The maximum atomic E-state index is 11.9. The van der Waals surface area contributed by atoms with Crippen LogP contribution in [0, 0.1) is 0 Å². The summed E-state index contributed by atoms with van der Waals surface area (Å²) in [4.78, 5) is 25.2. The molecule has 120 valence electrons. The number of benzene rings is 1. The van der Waals surface area contributed by atoms with Crippen LogP contribution in [0.4, 0.5) is 5.69 Å². The number of ether oxygens (including phenoxy) is 1. The zero-order valence-corrected chi connectivity index (χ0v) is 13.5. The molecule has 1 aromatic rings. The lowest BCUT2D eigenvalue weighted by Crippen LogP contribution is -2.34. The van der Waals surface area contributed by atoms with Crippen LogP contribution >= 0.6 is 0 Å². The first kappa shape index (κ1) is 17.8. The van der Waals surface area contributed by atoms with Gasteiger partial charge in [-0.05, 0) is 26.0 Å². The van der Waals surface area contributed by atoms with Crippen molar-refractivity contribution >= 4 is 17.5 Å². The van der Waals surface area contributed by atoms with E-state index in [1.807, 2.05) is 38.1 Å². The van der Waals surface area contributed by atoms with Gasteiger partial charge in [0.25, 0.3) is 0 Å². The molecule has 1 aromatic carbocycles. The lowest BCUT2D eigenvalue weighted by Gasteiger charge is -2.24. The molecule has 0 fully saturated rings. The molecule has 22 heavy (non-hydrogen) atoms. The largest absolute Gasteiger partial charge is 0.489 e. The number of nitrogens with one attached hydrogen (secondary N) is 1. The van der Waals surface area contributed by atoms with E-state index in [-0.39, 0.29) is 24.3 Å². The average Bonchev–Trinajstić information content (AvgIpc) is 2.46. The summed E-state index contributed by atoms with van der Waals surface area (Å²) >= 11 is 0. The predicted octanol–water partition coefficient (Wildman–Crippen LogP) is 2.52. The molecule has 0 atom stereocenters. The lowest BCUT2D eigenvalue weighted by atomic mass is 10.2. The van der Waals surface area contributed by atoms with Gasteiger partial charge in [0.1, 0.15) is 5.75 Å². The molecular formula is C17H24N2O3. The third-order valence-corrected chi connectivity index (χ3v) is 2.90. The summed E-state index contributed by atoms with van der Waals surface area (Å²) in [5, 5.41) is 2.70. The molecule has 0 aliphatic carbocycles. The van der Waals surface area contributed by atoms with E-state index in [1.165, 1.54) is 6.92 Å². The Morgan fingerprint density at radius 3 is 2.64 bits per heavy atom. The maximum absolute atomic E-state index is 11.9. The zero-order valence-electron chi connectivity index (χ0n) is 13.5. The zero-order chi connectivity index (χ0) is 16.5. The molecule has 0 heterocycles. The fourth-order valence-electron chi connectivity index (χ4n) is 1.97. The van der Waals surface area contributed by atoms with Crippen LogP contribution < -0.4 is 15.0 Å². The summed E-state index contributed by atoms with van der Waals surface area (Å²) in [6.07, 6.45) is 1.85. The van der Waals surface area contributed by atoms with Gasteiger partial charge in [0, 0.05) is 26.4 Å². The Balaban J connectivity index is 2.85. The summed E-state index contributed by atoms with van der Waals surface area (Å²) < 4.78 is 5.74. The van der Waals surface area contributed by atoms with Gasteiger partial charge in [0.15, 0.2) is 0 Å². The van der Waals surface area contributed by atoms with Crippen LogP contribution in [0.1, 0.15) is 27.2 Å². The molecule has 0 bridgehead atoms. The van der Waals surface area contributed by atoms with Gasteiger partial charge < -0.3 is 15.0 Å². The summed E-state index contributed by atoms with van der Waals surface area (Å²) in [6, 6.07) is 7.34. The lowest BCUT2D eigenvalue weighted by molar-refractivity contribution is -0.120. The van der Waals surface area contributed by atoms with Crippen LogP contribution in [0.15, 0.2) is 36.9 Å². The standard InChI is InChI=1S/C17H24N2O3/c1-5-11-18-17(21)10-12-19(14(4)20)15-8-6-7-9-16(15)22-13(2)3/h5-9,13H,1,10-12H2,2-4H3,(H,18,21). The molecule has 0 aliphatic rings. The summed E-state index contributed by atoms with van der Waals surface area (Å²) in [5.74, 6) is 0.393. The minimum atomic E-state index is -0.128. The van der Waals surface area contributed by atoms with Crippen molar-refractivity contribution in [3.05, 3.63) is 36.9 Å². The highest BCUT2D eigenvalue weighted by atomic mass is 16.5. The number of carbonyl (C=O) groups excluding carboxylic acids is 2. The number of para-hydroxylation sites is 2. The van der Waals surface area contributed by atoms with Crippen molar-refractivity contribution in [1.29, 1.82) is 0 Å². The van der Waals surface area contributed by atoms with Crippen LogP contribution in [0.2, 0.25) is 0 Å². The van der Waals surface area contributed by atoms with E-state index < -0.39 is 0 Å². The molecule has 5 nitrogen and oxygen atoms in total. The van der Waals surface area contributed by atoms with Crippen LogP contribution in [-0.2, 0) is 9.59 Å². The van der Waals surface area contributed by atoms with Crippen molar-refractivity contribution in [3.8, 4) is 5.75 Å². The maximum Gasteiger partial charge on any atom is 0.223 e. The van der Waals surface area contributed by atoms with Crippen LogP contribution in [-0.4, -0.2) is 31.0 Å². The van der Waals surface area contributed by atoms with Gasteiger partial charge in [-0.25, -0.2) is 0 Å². The monoisotopic (exact) mass is 304 g/mol. The van der Waals surface area contributed by atoms with E-state index in [9.17, 15) is 9.59 Å². The topological polar surface area (TPSA) is 58.6 Å². The Kier molecular flexibility index (Phi) is 7.16. The average molecular weight is 304 g/mol. The summed E-state index contributed by atoms with van der Waals surface area (Å²) in [7, 11) is 0. The number of amides is 2. The first-order valence-electron chi connectivity index (χ1n) is 7.37. The number of hydrogen-bond donors (Lipinski definition) is 1. The molecule has 0 aromatic heterocycles. The Bertz CT molecular complexity index is 526. The third-order valence-electron chi connectivity index (χ3n) is 2.90. The number of nitrogens with zero attached hydrogens (tertiary/aromatic N) is 1. The molecule has 0 saturated heterocycles. The van der Waals surface area contributed by atoms with Gasteiger partial charge >= 0.3 is 0 Å². The fourth-order valence-corrected chi connectivity index (χ4v) is 1.97. The second-order valence-corrected chi connectivity index (χ2v) is 5.15. The first-order valence-corrected chi connectivity index (χ1v) is 7.37. The van der Waals surface area contributed by atoms with Crippen molar-refractivity contribution < 1.29 is 14.3 Å². The molecule has 0 spiro atoms. The second kappa shape index (κ2) is 8.87. The van der Waals surface area contributed by atoms with Crippen molar-refractivity contribution in [2.45, 2.75) is 33.3 Å². The molecule has 0 aliphatic heterocycles. The van der Waals surface area contributed by atoms with Gasteiger partial charge in [-0.3, -0.25) is 9.59 Å². The Hall–Kier alpha value is -2.30. The Morgan fingerprint density at radius 1 is 1.36 bits per heavy atom. The molecule has 1 N–H and O–H groups in total. The van der Waals surface area contributed by atoms with E-state index in [0.29, 0.717) is 24.5 Å². The minimum Gasteiger partial charge on any atom is -0.489 e. The molecule has 0 unspecified atom stereocenters. The van der Waals surface area contributed by atoms with E-state index in [1.54, 1.807) is 11.0 Å². The Morgan fingerprint density at radius 2 is 2.05 bits per heavy atom. The highest BCUT2D eigenvalue weighted by molar-refractivity contribution is 5.93. The fraction of sp³-hybridized carbons (Fsp3) is 0.412. The highest BCUT2D eigenvalue weighted by Crippen LogP contribution is 2.29.